The Morgan fingerprint density at radius 1 is 0.917 bits per heavy atom. The van der Waals surface area contributed by atoms with Gasteiger partial charge in [-0.1, -0.05) is 84.4 Å². The van der Waals surface area contributed by atoms with E-state index in [9.17, 15) is 19.2 Å². The molecule has 0 unspecified atom stereocenters. The molecule has 0 amide bonds. The van der Waals surface area contributed by atoms with Gasteiger partial charge in [0.25, 0.3) is 0 Å². The average molecular weight is 817 g/mol. The Balaban J connectivity index is 1.35. The smallest absolute Gasteiger partial charge is 0.321 e. The normalized spacial score (nSPS) is 21.9. The molecule has 5 heterocycles. The third-order valence-electron chi connectivity index (χ3n) is 13.1. The number of nitrogens with one attached hydrogen (secondary N) is 4. The first-order chi connectivity index (χ1) is 28.9. The van der Waals surface area contributed by atoms with E-state index in [4.69, 9.17) is 9.47 Å². The maximum absolute atomic E-state index is 14.4. The van der Waals surface area contributed by atoms with Crippen molar-refractivity contribution in [3.63, 3.8) is 0 Å². The van der Waals surface area contributed by atoms with E-state index in [1.54, 1.807) is 0 Å². The topological polar surface area (TPSA) is 146 Å². The van der Waals surface area contributed by atoms with E-state index in [0.29, 0.717) is 57.5 Å². The Morgan fingerprint density at radius 2 is 1.65 bits per heavy atom. The summed E-state index contributed by atoms with van der Waals surface area (Å²) in [5, 5.41) is 5.07. The molecular formula is C50H64N4O6. The van der Waals surface area contributed by atoms with Gasteiger partial charge < -0.3 is 29.7 Å². The summed E-state index contributed by atoms with van der Waals surface area (Å²) in [5.74, 6) is -2.13. The van der Waals surface area contributed by atoms with E-state index in [-0.39, 0.29) is 36.6 Å². The van der Waals surface area contributed by atoms with Crippen LogP contribution in [0.15, 0.2) is 29.6 Å². The van der Waals surface area contributed by atoms with Crippen LogP contribution in [0.4, 0.5) is 0 Å². The second-order valence-corrected chi connectivity index (χ2v) is 17.1. The van der Waals surface area contributed by atoms with Gasteiger partial charge in [0, 0.05) is 74.3 Å². The number of ether oxygens (including phenoxy) is 2. The molecule has 0 aromatic carbocycles. The first kappa shape index (κ1) is 44.2. The van der Waals surface area contributed by atoms with Gasteiger partial charge in [0.1, 0.15) is 12.5 Å². The van der Waals surface area contributed by atoms with Crippen LogP contribution in [0.2, 0.25) is 0 Å². The Labute approximate surface area is 354 Å². The molecule has 60 heavy (non-hydrogen) atoms. The van der Waals surface area contributed by atoms with Gasteiger partial charge in [0.05, 0.1) is 18.2 Å². The lowest BCUT2D eigenvalue weighted by atomic mass is 9.85. The molecule has 3 aromatic heterocycles. The number of hydrogen-bond acceptors (Lipinski definition) is 7. The molecule has 6 rings (SSSR count). The molecule has 0 radical (unpaired) electrons. The number of esters is 2. The number of aldehydes is 1. The Hall–Kier alpha value is -5.38. The number of aromatic amines is 3. The minimum Gasteiger partial charge on any atom is -0.468 e. The van der Waals surface area contributed by atoms with E-state index in [1.165, 1.54) is 51.2 Å². The molecule has 4 N–H and O–H groups in total. The summed E-state index contributed by atoms with van der Waals surface area (Å²) < 4.78 is 11.0. The Bertz CT molecular complexity index is 2380. The molecule has 10 heteroatoms. The zero-order valence-corrected chi connectivity index (χ0v) is 36.9. The number of aromatic nitrogens is 3. The van der Waals surface area contributed by atoms with Crippen LogP contribution >= 0.6 is 0 Å². The molecule has 8 bridgehead atoms. The molecule has 1 aliphatic carbocycles. The van der Waals surface area contributed by atoms with Crippen LogP contribution in [0, 0.1) is 37.5 Å². The van der Waals surface area contributed by atoms with Gasteiger partial charge in [-0.3, -0.25) is 19.2 Å². The van der Waals surface area contributed by atoms with Gasteiger partial charge in [0.15, 0.2) is 12.1 Å². The summed E-state index contributed by atoms with van der Waals surface area (Å²) in [6, 6.07) is 0. The van der Waals surface area contributed by atoms with Crippen molar-refractivity contribution in [1.29, 1.82) is 0 Å². The maximum Gasteiger partial charge on any atom is 0.321 e. The number of Topliss-reactive ketones (excluding diaryl/α,β-unsaturated/α-hetero) is 1. The van der Waals surface area contributed by atoms with Crippen molar-refractivity contribution in [2.75, 3.05) is 13.7 Å². The molecule has 0 saturated carbocycles. The van der Waals surface area contributed by atoms with Crippen LogP contribution in [-0.4, -0.2) is 52.7 Å². The van der Waals surface area contributed by atoms with E-state index in [0.717, 1.165) is 64.2 Å². The predicted octanol–water partition coefficient (Wildman–Crippen LogP) is 8.92. The third-order valence-corrected chi connectivity index (χ3v) is 13.1. The van der Waals surface area contributed by atoms with Crippen molar-refractivity contribution in [3.05, 3.63) is 96.5 Å². The number of carbonyl (C=O) groups is 4. The van der Waals surface area contributed by atoms with Crippen molar-refractivity contribution >= 4 is 53.9 Å². The van der Waals surface area contributed by atoms with E-state index in [2.05, 4.69) is 60.6 Å². The van der Waals surface area contributed by atoms with Crippen molar-refractivity contribution in [2.45, 2.75) is 119 Å². The highest BCUT2D eigenvalue weighted by molar-refractivity contribution is 6.24. The summed E-state index contributed by atoms with van der Waals surface area (Å²) in [6.07, 6.45) is 21.6. The highest BCUT2D eigenvalue weighted by atomic mass is 16.5. The number of carbonyl (C=O) groups excluding carboxylic acids is 4. The summed E-state index contributed by atoms with van der Waals surface area (Å²) in [6.45, 7) is 19.0. The SMILES string of the molecule is C=Cc1c2[nH]c(c1C)/C=C1\N/C(=C3\c4[nH]c(c(C)c4C(=O)[C@@H]3C(=O)OC)/C=c3\[nH]/c(c(C=O)c3CC)=C\2)[C@@H](CCC(=O)OC/C=C(\C)CCC[C@H](C)CCCCCC)[C@@H]1C. The van der Waals surface area contributed by atoms with Crippen molar-refractivity contribution in [2.24, 2.45) is 23.7 Å². The van der Waals surface area contributed by atoms with E-state index >= 15 is 0 Å². The lowest BCUT2D eigenvalue weighted by molar-refractivity contribution is -0.143. The monoisotopic (exact) mass is 816 g/mol. The summed E-state index contributed by atoms with van der Waals surface area (Å²) in [4.78, 5) is 64.4. The zero-order chi connectivity index (χ0) is 43.2. The quantitative estimate of drug-likeness (QED) is 0.0330. The molecular weight excluding hydrogens is 753 g/mol. The van der Waals surface area contributed by atoms with Crippen molar-refractivity contribution in [3.8, 4) is 0 Å². The highest BCUT2D eigenvalue weighted by Gasteiger charge is 2.48. The molecule has 3 aromatic rings. The van der Waals surface area contributed by atoms with Crippen molar-refractivity contribution in [1.82, 2.24) is 20.3 Å². The minimum absolute atomic E-state index is 0.131. The first-order valence-corrected chi connectivity index (χ1v) is 22.0. The van der Waals surface area contributed by atoms with Crippen LogP contribution in [0.3, 0.4) is 0 Å². The number of rotatable bonds is 18. The standard InChI is InChI=1S/C50H64N4O6/c1-10-13-14-15-17-28(4)18-16-19-29(5)22-23-60-43(56)21-20-35-31(7)38-24-37-30(6)33(11-2)40(51-37)26-42-36(27-55)34(12-3)41(52-42)25-39-32(8)44-48(54-39)45(47(35)53-38)46(49(44)57)50(58)59-9/h11,22,24-28,31,35,46,51-54H,2,10,12-21,23H2,1,3-9H3/b29-22+,38-24-,41-25-,42-26-,47-45-/t28-,31+,35+,46-/m1/s1. The van der Waals surface area contributed by atoms with Crippen LogP contribution in [0.25, 0.3) is 29.9 Å². The van der Waals surface area contributed by atoms with Gasteiger partial charge in [-0.25, -0.2) is 0 Å². The van der Waals surface area contributed by atoms with Crippen molar-refractivity contribution < 1.29 is 28.7 Å². The maximum atomic E-state index is 14.4. The number of H-pyrrole nitrogens is 3. The second-order valence-electron chi connectivity index (χ2n) is 17.1. The summed E-state index contributed by atoms with van der Waals surface area (Å²) in [7, 11) is 1.30. The van der Waals surface area contributed by atoms with Gasteiger partial charge in [-0.15, -0.1) is 0 Å². The lowest BCUT2D eigenvalue weighted by Gasteiger charge is -2.19. The average Bonchev–Trinajstić information content (AvgIpc) is 3.98. The molecule has 4 atom stereocenters. The van der Waals surface area contributed by atoms with Gasteiger partial charge in [0.2, 0.25) is 0 Å². The summed E-state index contributed by atoms with van der Waals surface area (Å²) >= 11 is 0. The number of fused-ring (bicyclic) bond motifs is 7. The predicted molar refractivity (Wildman–Crippen MR) is 239 cm³/mol. The number of ketones is 1. The molecule has 1 saturated heterocycles. The number of unbranched alkanes of at least 4 members (excludes halogenated alkanes) is 3. The van der Waals surface area contributed by atoms with Crippen LogP contribution in [0.5, 0.6) is 0 Å². The molecule has 0 spiro atoms. The van der Waals surface area contributed by atoms with Crippen LogP contribution in [-0.2, 0) is 25.5 Å². The molecule has 320 valence electrons. The fourth-order valence-corrected chi connectivity index (χ4v) is 9.46. The van der Waals surface area contributed by atoms with E-state index in [1.807, 2.05) is 45.1 Å². The molecule has 10 nitrogen and oxygen atoms in total. The fourth-order valence-electron chi connectivity index (χ4n) is 9.46. The van der Waals surface area contributed by atoms with Crippen LogP contribution in [0.1, 0.15) is 165 Å². The Morgan fingerprint density at radius 3 is 2.35 bits per heavy atom. The molecule has 3 aliphatic rings. The molecule has 2 aliphatic heterocycles. The van der Waals surface area contributed by atoms with Gasteiger partial charge >= 0.3 is 11.9 Å². The fraction of sp³-hybridized carbons (Fsp3) is 0.480. The Kier molecular flexibility index (Phi) is 14.2. The zero-order valence-electron chi connectivity index (χ0n) is 36.9. The third kappa shape index (κ3) is 8.89. The van der Waals surface area contributed by atoms with E-state index < -0.39 is 11.9 Å². The minimum atomic E-state index is -1.19. The van der Waals surface area contributed by atoms with Crippen LogP contribution < -0.4 is 16.0 Å². The van der Waals surface area contributed by atoms with Gasteiger partial charge in [-0.2, -0.15) is 0 Å². The summed E-state index contributed by atoms with van der Waals surface area (Å²) in [5.41, 5.74) is 10.6. The molecule has 1 fully saturated rings. The largest absolute Gasteiger partial charge is 0.468 e. The number of methoxy groups -OCH3 is 1. The lowest BCUT2D eigenvalue weighted by Crippen LogP contribution is -2.25. The number of hydrogen-bond donors (Lipinski definition) is 4. The second kappa shape index (κ2) is 19.3. The number of allylic oxidation sites excluding steroid dienone is 3. The first-order valence-electron chi connectivity index (χ1n) is 22.0. The van der Waals surface area contributed by atoms with Gasteiger partial charge in [-0.05, 0) is 93.4 Å². The highest BCUT2D eigenvalue weighted by Crippen LogP contribution is 2.48.